The van der Waals surface area contributed by atoms with Crippen molar-refractivity contribution in [3.63, 3.8) is 0 Å². The summed E-state index contributed by atoms with van der Waals surface area (Å²) >= 11 is 1.18. The van der Waals surface area contributed by atoms with Crippen molar-refractivity contribution in [2.75, 3.05) is 5.32 Å². The van der Waals surface area contributed by atoms with Gasteiger partial charge in [0.15, 0.2) is 0 Å². The number of halogens is 3. The molecule has 3 N–H and O–H groups in total. The van der Waals surface area contributed by atoms with Crippen molar-refractivity contribution in [1.82, 2.24) is 9.97 Å². The van der Waals surface area contributed by atoms with E-state index < -0.39 is 28.8 Å². The molecule has 27 heavy (non-hydrogen) atoms. The van der Waals surface area contributed by atoms with Gasteiger partial charge in [-0.3, -0.25) is 9.59 Å². The minimum atomic E-state index is -4.66. The number of pyridine rings is 1. The zero-order chi connectivity index (χ0) is 19.3. The fraction of sp³-hybridized carbons (Fsp3) is 0.111. The summed E-state index contributed by atoms with van der Waals surface area (Å²) in [5, 5.41) is 4.37. The summed E-state index contributed by atoms with van der Waals surface area (Å²) in [6.45, 7) is 1.82. The number of carbonyl (C=O) groups is 1. The largest absolute Gasteiger partial charge is 0.418 e. The minimum Gasteiger partial charge on any atom is -0.361 e. The van der Waals surface area contributed by atoms with Crippen molar-refractivity contribution in [3.05, 3.63) is 62.9 Å². The van der Waals surface area contributed by atoms with Crippen molar-refractivity contribution in [1.29, 1.82) is 0 Å². The zero-order valence-electron chi connectivity index (χ0n) is 13.8. The molecule has 0 aliphatic rings. The standard InChI is InChI=1S/C18H12F3N3O2S/c1-8-7-27-16-14(8)23-6-10(15(16)25)17(26)24-13-5-12-9(2-3-22-12)4-11(13)18(19,20)21/h2-7,22H,1H3,(H,23,25)(H,24,26). The summed E-state index contributed by atoms with van der Waals surface area (Å²) in [5.74, 6) is -0.902. The maximum Gasteiger partial charge on any atom is 0.418 e. The summed E-state index contributed by atoms with van der Waals surface area (Å²) in [4.78, 5) is 30.7. The lowest BCUT2D eigenvalue weighted by Crippen LogP contribution is -2.23. The van der Waals surface area contributed by atoms with Gasteiger partial charge in [0.1, 0.15) is 5.56 Å². The zero-order valence-corrected chi connectivity index (χ0v) is 14.6. The van der Waals surface area contributed by atoms with E-state index in [1.54, 1.807) is 5.38 Å². The molecule has 0 spiro atoms. The van der Waals surface area contributed by atoms with Gasteiger partial charge < -0.3 is 15.3 Å². The third kappa shape index (κ3) is 2.89. The fourth-order valence-electron chi connectivity index (χ4n) is 2.92. The first kappa shape index (κ1) is 17.3. The number of benzene rings is 1. The topological polar surface area (TPSA) is 77.8 Å². The van der Waals surface area contributed by atoms with Crippen LogP contribution in [0.15, 0.2) is 40.8 Å². The van der Waals surface area contributed by atoms with Crippen LogP contribution in [0.2, 0.25) is 0 Å². The van der Waals surface area contributed by atoms with Gasteiger partial charge in [0.25, 0.3) is 5.91 Å². The number of aryl methyl sites for hydroxylation is 1. The molecule has 1 aromatic carbocycles. The van der Waals surface area contributed by atoms with E-state index in [4.69, 9.17) is 0 Å². The summed E-state index contributed by atoms with van der Waals surface area (Å²) in [6, 6.07) is 3.67. The molecule has 3 aromatic heterocycles. The van der Waals surface area contributed by atoms with Gasteiger partial charge in [0.2, 0.25) is 5.43 Å². The molecule has 138 valence electrons. The number of rotatable bonds is 2. The van der Waals surface area contributed by atoms with Crippen molar-refractivity contribution in [2.24, 2.45) is 0 Å². The molecule has 0 saturated heterocycles. The molecule has 0 atom stereocenters. The maximum atomic E-state index is 13.4. The van der Waals surface area contributed by atoms with Crippen LogP contribution >= 0.6 is 11.3 Å². The molecule has 3 heterocycles. The number of amides is 1. The second-order valence-corrected chi connectivity index (χ2v) is 6.95. The first-order chi connectivity index (χ1) is 12.8. The van der Waals surface area contributed by atoms with Crippen LogP contribution in [0.25, 0.3) is 21.1 Å². The van der Waals surface area contributed by atoms with Crippen LogP contribution in [0.4, 0.5) is 18.9 Å². The van der Waals surface area contributed by atoms with E-state index in [-0.39, 0.29) is 5.56 Å². The number of aromatic nitrogens is 2. The third-order valence-corrected chi connectivity index (χ3v) is 5.37. The number of thiophene rings is 1. The second kappa shape index (κ2) is 5.98. The van der Waals surface area contributed by atoms with Gasteiger partial charge in [0, 0.05) is 23.3 Å². The minimum absolute atomic E-state index is 0.246. The highest BCUT2D eigenvalue weighted by Gasteiger charge is 2.34. The van der Waals surface area contributed by atoms with E-state index in [1.165, 1.54) is 35.9 Å². The average molecular weight is 391 g/mol. The molecule has 0 radical (unpaired) electrons. The lowest BCUT2D eigenvalue weighted by Gasteiger charge is -2.14. The number of H-pyrrole nitrogens is 2. The summed E-state index contributed by atoms with van der Waals surface area (Å²) in [6.07, 6.45) is -1.93. The van der Waals surface area contributed by atoms with Crippen LogP contribution in [-0.4, -0.2) is 15.9 Å². The molecule has 0 saturated carbocycles. The number of hydrogen-bond donors (Lipinski definition) is 3. The second-order valence-electron chi connectivity index (χ2n) is 6.07. The molecule has 0 aliphatic carbocycles. The molecule has 4 aromatic rings. The van der Waals surface area contributed by atoms with Gasteiger partial charge in [-0.15, -0.1) is 11.3 Å². The van der Waals surface area contributed by atoms with E-state index in [0.717, 1.165) is 11.6 Å². The van der Waals surface area contributed by atoms with Gasteiger partial charge in [-0.2, -0.15) is 13.2 Å². The van der Waals surface area contributed by atoms with E-state index in [9.17, 15) is 22.8 Å². The normalized spacial score (nSPS) is 12.0. The van der Waals surface area contributed by atoms with Crippen LogP contribution in [0.1, 0.15) is 21.5 Å². The summed E-state index contributed by atoms with van der Waals surface area (Å²) < 4.78 is 40.6. The van der Waals surface area contributed by atoms with E-state index in [0.29, 0.717) is 21.1 Å². The Bertz CT molecular complexity index is 1250. The SMILES string of the molecule is Cc1csc2c(=O)c(C(=O)Nc3cc4[nH]ccc4cc3C(F)(F)F)c[nH]c12. The first-order valence-electron chi connectivity index (χ1n) is 7.85. The van der Waals surface area contributed by atoms with E-state index >= 15 is 0 Å². The molecule has 5 nitrogen and oxygen atoms in total. The molecular formula is C18H12F3N3O2S. The first-order valence-corrected chi connectivity index (χ1v) is 8.73. The highest BCUT2D eigenvalue weighted by molar-refractivity contribution is 7.17. The number of aromatic amines is 2. The Balaban J connectivity index is 1.79. The van der Waals surface area contributed by atoms with Gasteiger partial charge in [-0.05, 0) is 36.1 Å². The number of alkyl halides is 3. The Labute approximate surface area is 153 Å². The number of anilines is 1. The predicted octanol–water partition coefficient (Wildman–Crippen LogP) is 4.65. The van der Waals surface area contributed by atoms with Gasteiger partial charge in [-0.1, -0.05) is 0 Å². The Morgan fingerprint density at radius 2 is 2.00 bits per heavy atom. The van der Waals surface area contributed by atoms with Crippen LogP contribution in [0, 0.1) is 6.92 Å². The Kier molecular flexibility index (Phi) is 3.84. The molecule has 0 fully saturated rings. The molecule has 0 aliphatic heterocycles. The number of hydrogen-bond acceptors (Lipinski definition) is 3. The van der Waals surface area contributed by atoms with Crippen LogP contribution in [-0.2, 0) is 6.18 Å². The van der Waals surface area contributed by atoms with Crippen LogP contribution in [0.3, 0.4) is 0 Å². The Morgan fingerprint density at radius 3 is 2.74 bits per heavy atom. The number of carbonyl (C=O) groups excluding carboxylic acids is 1. The van der Waals surface area contributed by atoms with Crippen LogP contribution in [0.5, 0.6) is 0 Å². The number of fused-ring (bicyclic) bond motifs is 2. The van der Waals surface area contributed by atoms with Crippen molar-refractivity contribution >= 4 is 44.1 Å². The lowest BCUT2D eigenvalue weighted by atomic mass is 10.1. The van der Waals surface area contributed by atoms with Crippen molar-refractivity contribution < 1.29 is 18.0 Å². The molecular weight excluding hydrogens is 379 g/mol. The lowest BCUT2D eigenvalue weighted by molar-refractivity contribution is -0.136. The van der Waals surface area contributed by atoms with Crippen molar-refractivity contribution in [3.8, 4) is 0 Å². The molecule has 0 bridgehead atoms. The van der Waals surface area contributed by atoms with Gasteiger partial charge in [-0.25, -0.2) is 0 Å². The monoisotopic (exact) mass is 391 g/mol. The van der Waals surface area contributed by atoms with Gasteiger partial charge >= 0.3 is 6.18 Å². The van der Waals surface area contributed by atoms with Crippen molar-refractivity contribution in [2.45, 2.75) is 13.1 Å². The highest BCUT2D eigenvalue weighted by atomic mass is 32.1. The van der Waals surface area contributed by atoms with E-state index in [1.807, 2.05) is 6.92 Å². The van der Waals surface area contributed by atoms with Crippen LogP contribution < -0.4 is 10.7 Å². The smallest absolute Gasteiger partial charge is 0.361 e. The number of nitrogens with one attached hydrogen (secondary N) is 3. The maximum absolute atomic E-state index is 13.4. The van der Waals surface area contributed by atoms with E-state index in [2.05, 4.69) is 15.3 Å². The quantitative estimate of drug-likeness (QED) is 0.465. The Hall–Kier alpha value is -3.07. The third-order valence-electron chi connectivity index (χ3n) is 4.28. The average Bonchev–Trinajstić information content (AvgIpc) is 3.20. The molecule has 1 amide bonds. The Morgan fingerprint density at radius 1 is 1.22 bits per heavy atom. The predicted molar refractivity (Wildman–Crippen MR) is 98.4 cm³/mol. The molecule has 9 heteroatoms. The molecule has 4 rings (SSSR count). The molecule has 0 unspecified atom stereocenters. The fourth-order valence-corrected chi connectivity index (χ4v) is 3.89. The summed E-state index contributed by atoms with van der Waals surface area (Å²) in [7, 11) is 0. The highest BCUT2D eigenvalue weighted by Crippen LogP contribution is 2.37. The van der Waals surface area contributed by atoms with Gasteiger partial charge in [0.05, 0.1) is 21.5 Å². The summed E-state index contributed by atoms with van der Waals surface area (Å²) in [5.41, 5.74) is -0.243.